The van der Waals surface area contributed by atoms with Crippen LogP contribution in [0.1, 0.15) is 5.56 Å². The van der Waals surface area contributed by atoms with Crippen molar-refractivity contribution in [2.45, 2.75) is 6.92 Å². The van der Waals surface area contributed by atoms with E-state index < -0.39 is 0 Å². The van der Waals surface area contributed by atoms with Crippen molar-refractivity contribution in [3.05, 3.63) is 88.0 Å². The fourth-order valence-electron chi connectivity index (χ4n) is 2.37. The number of hydrogen-bond acceptors (Lipinski definition) is 1. The normalized spacial score (nSPS) is 10.4. The van der Waals surface area contributed by atoms with Crippen molar-refractivity contribution in [2.75, 3.05) is 4.90 Å². The van der Waals surface area contributed by atoms with E-state index in [-0.39, 0.29) is 0 Å². The Morgan fingerprint density at radius 3 is 1.67 bits per heavy atom. The summed E-state index contributed by atoms with van der Waals surface area (Å²) in [6, 6.07) is 27.5. The smallest absolute Gasteiger partial charge is 0.0464 e. The first kappa shape index (κ1) is 14.1. The van der Waals surface area contributed by atoms with Gasteiger partial charge in [0.15, 0.2) is 0 Å². The third-order valence-electron chi connectivity index (χ3n) is 3.43. The molecule has 0 heterocycles. The summed E-state index contributed by atoms with van der Waals surface area (Å²) in [4.78, 5) is 2.28. The molecule has 0 saturated carbocycles. The van der Waals surface area contributed by atoms with Gasteiger partial charge in [-0.15, -0.1) is 0 Å². The Balaban J connectivity index is 2.14. The minimum absolute atomic E-state index is 1.17. The van der Waals surface area contributed by atoms with Crippen LogP contribution in [0.4, 0.5) is 17.1 Å². The number of benzene rings is 3. The molecule has 0 unspecified atom stereocenters. The molecule has 0 aliphatic carbocycles. The Morgan fingerprint density at radius 2 is 1.19 bits per heavy atom. The largest absolute Gasteiger partial charge is 0.310 e. The summed E-state index contributed by atoms with van der Waals surface area (Å²) >= 11 is 2.38. The number of hydrogen-bond donors (Lipinski definition) is 0. The fraction of sp³-hybridized carbons (Fsp3) is 0.0526. The quantitative estimate of drug-likeness (QED) is 0.495. The standard InChI is InChI=1S/C19H16IN/c1-15-14-18(12-13-19(15)20)21(16-8-4-2-5-9-16)17-10-6-3-7-11-17/h2-14H,1H3. The molecule has 1 nitrogen and oxygen atoms in total. The number of para-hydroxylation sites is 2. The molecule has 0 aliphatic rings. The van der Waals surface area contributed by atoms with Crippen LogP contribution < -0.4 is 4.90 Å². The van der Waals surface area contributed by atoms with Crippen LogP contribution in [0.3, 0.4) is 0 Å². The molecule has 0 aliphatic heterocycles. The van der Waals surface area contributed by atoms with E-state index >= 15 is 0 Å². The molecular weight excluding hydrogens is 369 g/mol. The lowest BCUT2D eigenvalue weighted by molar-refractivity contribution is 1.26. The van der Waals surface area contributed by atoms with E-state index in [1.807, 2.05) is 12.1 Å². The van der Waals surface area contributed by atoms with E-state index in [1.165, 1.54) is 26.2 Å². The second-order valence-electron chi connectivity index (χ2n) is 4.94. The molecule has 3 aromatic rings. The van der Waals surface area contributed by atoms with E-state index in [1.54, 1.807) is 0 Å². The van der Waals surface area contributed by atoms with Crippen molar-refractivity contribution < 1.29 is 0 Å². The molecule has 0 spiro atoms. The lowest BCUT2D eigenvalue weighted by Crippen LogP contribution is -2.09. The predicted octanol–water partition coefficient (Wildman–Crippen LogP) is 6.07. The highest BCUT2D eigenvalue weighted by Gasteiger charge is 2.12. The minimum atomic E-state index is 1.17. The molecule has 3 rings (SSSR count). The van der Waals surface area contributed by atoms with Gasteiger partial charge in [-0.3, -0.25) is 0 Å². The van der Waals surface area contributed by atoms with Crippen LogP contribution in [0.5, 0.6) is 0 Å². The van der Waals surface area contributed by atoms with E-state index in [0.717, 1.165) is 0 Å². The first-order valence-electron chi connectivity index (χ1n) is 6.92. The van der Waals surface area contributed by atoms with Gasteiger partial charge in [0.2, 0.25) is 0 Å². The molecule has 0 fully saturated rings. The SMILES string of the molecule is Cc1cc(N(c2ccccc2)c2ccccc2)ccc1I. The van der Waals surface area contributed by atoms with Crippen LogP contribution >= 0.6 is 22.6 Å². The Labute approximate surface area is 139 Å². The van der Waals surface area contributed by atoms with Gasteiger partial charge in [-0.1, -0.05) is 36.4 Å². The Morgan fingerprint density at radius 1 is 0.667 bits per heavy atom. The Hall–Kier alpha value is -1.81. The second-order valence-corrected chi connectivity index (χ2v) is 6.10. The van der Waals surface area contributed by atoms with E-state index in [4.69, 9.17) is 0 Å². The number of nitrogens with zero attached hydrogens (tertiary/aromatic N) is 1. The van der Waals surface area contributed by atoms with Gasteiger partial charge in [-0.25, -0.2) is 0 Å². The fourth-order valence-corrected chi connectivity index (χ4v) is 2.70. The summed E-state index contributed by atoms with van der Waals surface area (Å²) in [6.45, 7) is 2.15. The van der Waals surface area contributed by atoms with Gasteiger partial charge in [0.1, 0.15) is 0 Å². The van der Waals surface area contributed by atoms with Crippen LogP contribution in [0.2, 0.25) is 0 Å². The average molecular weight is 385 g/mol. The number of anilines is 3. The molecular formula is C19H16IN. The van der Waals surface area contributed by atoms with E-state index in [0.29, 0.717) is 0 Å². The molecule has 104 valence electrons. The summed E-state index contributed by atoms with van der Waals surface area (Å²) in [5.74, 6) is 0. The third-order valence-corrected chi connectivity index (χ3v) is 4.64. The minimum Gasteiger partial charge on any atom is -0.310 e. The topological polar surface area (TPSA) is 3.24 Å². The third kappa shape index (κ3) is 3.10. The van der Waals surface area contributed by atoms with Crippen LogP contribution in [-0.2, 0) is 0 Å². The molecule has 0 amide bonds. The lowest BCUT2D eigenvalue weighted by atomic mass is 10.1. The summed E-state index contributed by atoms with van der Waals surface area (Å²) in [7, 11) is 0. The molecule has 2 heteroatoms. The number of rotatable bonds is 3. The van der Waals surface area contributed by atoms with Crippen molar-refractivity contribution in [1.29, 1.82) is 0 Å². The number of halogens is 1. The molecule has 0 bridgehead atoms. The lowest BCUT2D eigenvalue weighted by Gasteiger charge is -2.25. The average Bonchev–Trinajstić information content (AvgIpc) is 2.53. The van der Waals surface area contributed by atoms with Gasteiger partial charge in [0, 0.05) is 20.6 Å². The highest BCUT2D eigenvalue weighted by atomic mass is 127. The monoisotopic (exact) mass is 385 g/mol. The first-order chi connectivity index (χ1) is 10.3. The highest BCUT2D eigenvalue weighted by molar-refractivity contribution is 14.1. The maximum atomic E-state index is 2.38. The molecule has 0 aromatic heterocycles. The van der Waals surface area contributed by atoms with Gasteiger partial charge in [-0.05, 0) is 77.5 Å². The zero-order valence-corrected chi connectivity index (χ0v) is 14.0. The van der Waals surface area contributed by atoms with Gasteiger partial charge < -0.3 is 4.90 Å². The van der Waals surface area contributed by atoms with E-state index in [9.17, 15) is 0 Å². The highest BCUT2D eigenvalue weighted by Crippen LogP contribution is 2.34. The van der Waals surface area contributed by atoms with Crippen molar-refractivity contribution >= 4 is 39.7 Å². The zero-order valence-electron chi connectivity index (χ0n) is 11.8. The van der Waals surface area contributed by atoms with Gasteiger partial charge in [0.25, 0.3) is 0 Å². The molecule has 0 N–H and O–H groups in total. The summed E-state index contributed by atoms with van der Waals surface area (Å²) in [5, 5.41) is 0. The summed E-state index contributed by atoms with van der Waals surface area (Å²) in [6.07, 6.45) is 0. The maximum absolute atomic E-state index is 2.38. The van der Waals surface area contributed by atoms with Crippen molar-refractivity contribution in [1.82, 2.24) is 0 Å². The first-order valence-corrected chi connectivity index (χ1v) is 8.00. The molecule has 21 heavy (non-hydrogen) atoms. The van der Waals surface area contributed by atoms with E-state index in [2.05, 4.69) is 101 Å². The van der Waals surface area contributed by atoms with Crippen LogP contribution in [0, 0.1) is 10.5 Å². The van der Waals surface area contributed by atoms with Crippen LogP contribution in [0.15, 0.2) is 78.9 Å². The Bertz CT molecular complexity index is 684. The van der Waals surface area contributed by atoms with Crippen molar-refractivity contribution in [2.24, 2.45) is 0 Å². The molecule has 0 atom stereocenters. The zero-order chi connectivity index (χ0) is 14.7. The second kappa shape index (κ2) is 6.31. The predicted molar refractivity (Wildman–Crippen MR) is 98.6 cm³/mol. The van der Waals surface area contributed by atoms with Gasteiger partial charge in [-0.2, -0.15) is 0 Å². The summed E-state index contributed by atoms with van der Waals surface area (Å²) < 4.78 is 1.29. The van der Waals surface area contributed by atoms with Gasteiger partial charge >= 0.3 is 0 Å². The molecule has 0 saturated heterocycles. The van der Waals surface area contributed by atoms with Crippen molar-refractivity contribution in [3.63, 3.8) is 0 Å². The van der Waals surface area contributed by atoms with Crippen LogP contribution in [0.25, 0.3) is 0 Å². The van der Waals surface area contributed by atoms with Gasteiger partial charge in [0.05, 0.1) is 0 Å². The Kier molecular flexibility index (Phi) is 4.25. The molecule has 3 aromatic carbocycles. The molecule has 0 radical (unpaired) electrons. The maximum Gasteiger partial charge on any atom is 0.0464 e. The van der Waals surface area contributed by atoms with Crippen LogP contribution in [-0.4, -0.2) is 0 Å². The number of aryl methyl sites for hydroxylation is 1. The van der Waals surface area contributed by atoms with Crippen molar-refractivity contribution in [3.8, 4) is 0 Å². The summed E-state index contributed by atoms with van der Waals surface area (Å²) in [5.41, 5.74) is 4.82.